The summed E-state index contributed by atoms with van der Waals surface area (Å²) < 4.78 is 0. The van der Waals surface area contributed by atoms with Crippen molar-refractivity contribution in [1.29, 1.82) is 0 Å². The highest BCUT2D eigenvalue weighted by Crippen LogP contribution is 2.17. The quantitative estimate of drug-likeness (QED) is 0.691. The molecule has 2 nitrogen and oxygen atoms in total. The highest BCUT2D eigenvalue weighted by atomic mass is 35.5. The number of halogens is 1. The van der Waals surface area contributed by atoms with Crippen LogP contribution in [-0.2, 0) is 4.79 Å². The zero-order valence-corrected chi connectivity index (χ0v) is 7.34. The van der Waals surface area contributed by atoms with Crippen molar-refractivity contribution in [3.05, 3.63) is 34.9 Å². The van der Waals surface area contributed by atoms with Gasteiger partial charge in [-0.2, -0.15) is 0 Å². The Morgan fingerprint density at radius 2 is 1.92 bits per heavy atom. The molecule has 0 aromatic heterocycles. The maximum atomic E-state index is 10.4. The molecule has 0 radical (unpaired) electrons. The SMILES string of the molecule is C[C@@H](C(=O)[O-])c1ccc(Cl)cc1. The maximum absolute atomic E-state index is 10.4. The molecule has 1 rings (SSSR count). The fourth-order valence-corrected chi connectivity index (χ4v) is 1.01. The van der Waals surface area contributed by atoms with Gasteiger partial charge in [-0.25, -0.2) is 0 Å². The van der Waals surface area contributed by atoms with Crippen LogP contribution in [0.15, 0.2) is 24.3 Å². The zero-order chi connectivity index (χ0) is 9.14. The van der Waals surface area contributed by atoms with Gasteiger partial charge in [0, 0.05) is 16.9 Å². The fourth-order valence-electron chi connectivity index (χ4n) is 0.888. The van der Waals surface area contributed by atoms with Crippen molar-refractivity contribution in [2.45, 2.75) is 12.8 Å². The van der Waals surface area contributed by atoms with Crippen molar-refractivity contribution in [2.75, 3.05) is 0 Å². The van der Waals surface area contributed by atoms with Crippen molar-refractivity contribution in [3.8, 4) is 0 Å². The molecule has 0 N–H and O–H groups in total. The molecule has 1 aromatic rings. The summed E-state index contributed by atoms with van der Waals surface area (Å²) >= 11 is 5.63. The van der Waals surface area contributed by atoms with E-state index in [1.807, 2.05) is 0 Å². The number of carbonyl (C=O) groups excluding carboxylic acids is 1. The summed E-state index contributed by atoms with van der Waals surface area (Å²) in [6.45, 7) is 1.58. The van der Waals surface area contributed by atoms with Gasteiger partial charge in [0.15, 0.2) is 0 Å². The van der Waals surface area contributed by atoms with Crippen molar-refractivity contribution in [3.63, 3.8) is 0 Å². The van der Waals surface area contributed by atoms with Gasteiger partial charge in [0.05, 0.1) is 0 Å². The van der Waals surface area contributed by atoms with E-state index in [0.29, 0.717) is 10.6 Å². The van der Waals surface area contributed by atoms with Gasteiger partial charge in [0.25, 0.3) is 0 Å². The molecule has 0 fully saturated rings. The molecule has 0 aliphatic rings. The molecule has 1 aromatic carbocycles. The lowest BCUT2D eigenvalue weighted by Crippen LogP contribution is -2.27. The summed E-state index contributed by atoms with van der Waals surface area (Å²) in [5.74, 6) is -1.65. The first-order valence-corrected chi connectivity index (χ1v) is 3.95. The summed E-state index contributed by atoms with van der Waals surface area (Å²) in [6, 6.07) is 6.69. The summed E-state index contributed by atoms with van der Waals surface area (Å²) in [5, 5.41) is 11.0. The van der Waals surface area contributed by atoms with Crippen LogP contribution in [0.3, 0.4) is 0 Å². The lowest BCUT2D eigenvalue weighted by atomic mass is 10.0. The standard InChI is InChI=1S/C9H9ClO2/c1-6(9(11)12)7-2-4-8(10)5-3-7/h2-6H,1H3,(H,11,12)/p-1/t6-/m1/s1. The van der Waals surface area contributed by atoms with E-state index in [1.165, 1.54) is 0 Å². The summed E-state index contributed by atoms with van der Waals surface area (Å²) in [6.07, 6.45) is 0. The second-order valence-electron chi connectivity index (χ2n) is 2.59. The molecule has 3 heteroatoms. The van der Waals surface area contributed by atoms with Crippen molar-refractivity contribution < 1.29 is 9.90 Å². The predicted octanol–water partition coefficient (Wildman–Crippen LogP) is 1.19. The van der Waals surface area contributed by atoms with E-state index in [4.69, 9.17) is 11.6 Å². The molecule has 0 heterocycles. The van der Waals surface area contributed by atoms with E-state index in [9.17, 15) is 9.90 Å². The number of hydrogen-bond donors (Lipinski definition) is 0. The molecule has 1 atom stereocenters. The largest absolute Gasteiger partial charge is 0.550 e. The van der Waals surface area contributed by atoms with Crippen LogP contribution in [0.2, 0.25) is 5.02 Å². The maximum Gasteiger partial charge on any atom is 0.0486 e. The predicted molar refractivity (Wildman–Crippen MR) is 44.9 cm³/mol. The second kappa shape index (κ2) is 3.59. The van der Waals surface area contributed by atoms with E-state index in [0.717, 1.165) is 0 Å². The molecule has 0 saturated heterocycles. The first kappa shape index (κ1) is 9.07. The van der Waals surface area contributed by atoms with E-state index < -0.39 is 11.9 Å². The van der Waals surface area contributed by atoms with Crippen LogP contribution < -0.4 is 5.11 Å². The molecular weight excluding hydrogens is 176 g/mol. The first-order chi connectivity index (χ1) is 5.61. The molecule has 0 amide bonds. The third-order valence-corrected chi connectivity index (χ3v) is 1.98. The summed E-state index contributed by atoms with van der Waals surface area (Å²) in [4.78, 5) is 10.4. The molecule has 0 saturated carbocycles. The number of aliphatic carboxylic acids is 1. The van der Waals surface area contributed by atoms with Crippen LogP contribution in [0.1, 0.15) is 18.4 Å². The average molecular weight is 184 g/mol. The zero-order valence-electron chi connectivity index (χ0n) is 6.58. The minimum atomic E-state index is -1.07. The lowest BCUT2D eigenvalue weighted by Gasteiger charge is -2.12. The van der Waals surface area contributed by atoms with Gasteiger partial charge < -0.3 is 9.90 Å². The monoisotopic (exact) mass is 183 g/mol. The van der Waals surface area contributed by atoms with Crippen LogP contribution in [-0.4, -0.2) is 5.97 Å². The van der Waals surface area contributed by atoms with Gasteiger partial charge in [-0.1, -0.05) is 30.7 Å². The third kappa shape index (κ3) is 1.98. The molecule has 64 valence electrons. The number of rotatable bonds is 2. The third-order valence-electron chi connectivity index (χ3n) is 1.72. The normalized spacial score (nSPS) is 12.5. The topological polar surface area (TPSA) is 40.1 Å². The van der Waals surface area contributed by atoms with Gasteiger partial charge in [0.1, 0.15) is 0 Å². The van der Waals surface area contributed by atoms with Gasteiger partial charge in [-0.3, -0.25) is 0 Å². The Balaban J connectivity index is 2.89. The highest BCUT2D eigenvalue weighted by molar-refractivity contribution is 6.30. The van der Waals surface area contributed by atoms with Crippen molar-refractivity contribution >= 4 is 17.6 Å². The van der Waals surface area contributed by atoms with Gasteiger partial charge in [0.2, 0.25) is 0 Å². The molecule has 12 heavy (non-hydrogen) atoms. The van der Waals surface area contributed by atoms with Crippen molar-refractivity contribution in [1.82, 2.24) is 0 Å². The minimum Gasteiger partial charge on any atom is -0.550 e. The molecule has 0 spiro atoms. The van der Waals surface area contributed by atoms with Crippen LogP contribution in [0.25, 0.3) is 0 Å². The van der Waals surface area contributed by atoms with Crippen molar-refractivity contribution in [2.24, 2.45) is 0 Å². The Hall–Kier alpha value is -1.02. The molecule has 0 unspecified atom stereocenters. The van der Waals surface area contributed by atoms with E-state index in [-0.39, 0.29) is 0 Å². The summed E-state index contributed by atoms with van der Waals surface area (Å²) in [5.41, 5.74) is 0.708. The smallest absolute Gasteiger partial charge is 0.0486 e. The Labute approximate surface area is 75.8 Å². The van der Waals surface area contributed by atoms with E-state index in [1.54, 1.807) is 31.2 Å². The fraction of sp³-hybridized carbons (Fsp3) is 0.222. The molecule has 0 aliphatic heterocycles. The number of carbonyl (C=O) groups is 1. The van der Waals surface area contributed by atoms with E-state index >= 15 is 0 Å². The Morgan fingerprint density at radius 1 is 1.42 bits per heavy atom. The summed E-state index contributed by atoms with van der Waals surface area (Å²) in [7, 11) is 0. The number of benzene rings is 1. The van der Waals surface area contributed by atoms with E-state index in [2.05, 4.69) is 0 Å². The van der Waals surface area contributed by atoms with Gasteiger partial charge in [-0.15, -0.1) is 0 Å². The number of carboxylic acids is 1. The minimum absolute atomic E-state index is 0.581. The Bertz CT molecular complexity index is 279. The first-order valence-electron chi connectivity index (χ1n) is 3.57. The average Bonchev–Trinajstić information content (AvgIpc) is 2.04. The molecule has 0 bridgehead atoms. The number of hydrogen-bond acceptors (Lipinski definition) is 2. The highest BCUT2D eigenvalue weighted by Gasteiger charge is 2.04. The van der Waals surface area contributed by atoms with Gasteiger partial charge in [-0.05, 0) is 17.7 Å². The van der Waals surface area contributed by atoms with Crippen LogP contribution in [0, 0.1) is 0 Å². The van der Waals surface area contributed by atoms with Crippen LogP contribution in [0.4, 0.5) is 0 Å². The van der Waals surface area contributed by atoms with Crippen LogP contribution >= 0.6 is 11.6 Å². The van der Waals surface area contributed by atoms with Crippen LogP contribution in [0.5, 0.6) is 0 Å². The Kier molecular flexibility index (Phi) is 2.71. The van der Waals surface area contributed by atoms with Gasteiger partial charge >= 0.3 is 0 Å². The lowest BCUT2D eigenvalue weighted by molar-refractivity contribution is -0.307. The number of carboxylic acid groups (broad SMARTS) is 1. The second-order valence-corrected chi connectivity index (χ2v) is 3.03. The molecular formula is C9H8ClO2-. The molecule has 0 aliphatic carbocycles. The Morgan fingerprint density at radius 3 is 2.33 bits per heavy atom.